The highest BCUT2D eigenvalue weighted by Crippen LogP contribution is 2.39. The average Bonchev–Trinajstić information content (AvgIpc) is 2.63. The zero-order valence-electron chi connectivity index (χ0n) is 21.5. The van der Waals surface area contributed by atoms with Crippen molar-refractivity contribution >= 4 is 35.8 Å². The Hall–Kier alpha value is -0.543. The Labute approximate surface area is 205 Å². The smallest absolute Gasteiger partial charge is 0.220 e. The molecule has 0 radical (unpaired) electrons. The lowest BCUT2D eigenvalue weighted by molar-refractivity contribution is -0.120. The van der Waals surface area contributed by atoms with Gasteiger partial charge >= 0.3 is 0 Å². The van der Waals surface area contributed by atoms with Crippen molar-refractivity contribution < 1.29 is 14.0 Å². The van der Waals surface area contributed by atoms with Gasteiger partial charge < -0.3 is 14.5 Å². The summed E-state index contributed by atoms with van der Waals surface area (Å²) in [7, 11) is 1.44. The highest BCUT2D eigenvalue weighted by Gasteiger charge is 2.41. The minimum atomic E-state index is -1.81. The van der Waals surface area contributed by atoms with Gasteiger partial charge in [0.1, 0.15) is 5.03 Å². The van der Waals surface area contributed by atoms with Crippen molar-refractivity contribution in [2.24, 2.45) is 0 Å². The van der Waals surface area contributed by atoms with E-state index in [9.17, 15) is 4.79 Å². The molecule has 0 aromatic carbocycles. The van der Waals surface area contributed by atoms with Crippen LogP contribution < -0.4 is 5.32 Å². The van der Waals surface area contributed by atoms with E-state index in [1.165, 1.54) is 0 Å². The highest BCUT2D eigenvalue weighted by molar-refractivity contribution is 8.76. The number of hydrogen-bond acceptors (Lipinski definition) is 6. The molecule has 0 unspecified atom stereocenters. The van der Waals surface area contributed by atoms with Crippen LogP contribution in [-0.4, -0.2) is 49.3 Å². The van der Waals surface area contributed by atoms with Gasteiger partial charge in [-0.05, 0) is 81.6 Å². The summed E-state index contributed by atoms with van der Waals surface area (Å²) < 4.78 is 12.8. The SMILES string of the molecule is CC(C)(CCNC(=O)CCSSc1ccccn1)OCCC(C)(C)O[Si](C)(C)C(C)(C)C. The molecule has 1 aromatic heterocycles. The van der Waals surface area contributed by atoms with Gasteiger partial charge in [0.15, 0.2) is 8.32 Å². The topological polar surface area (TPSA) is 60.5 Å². The van der Waals surface area contributed by atoms with E-state index in [1.54, 1.807) is 27.8 Å². The molecule has 1 N–H and O–H groups in total. The van der Waals surface area contributed by atoms with Crippen molar-refractivity contribution in [3.05, 3.63) is 24.4 Å². The number of nitrogens with zero attached hydrogens (tertiary/aromatic N) is 1. The van der Waals surface area contributed by atoms with Gasteiger partial charge in [-0.2, -0.15) is 0 Å². The maximum Gasteiger partial charge on any atom is 0.220 e. The van der Waals surface area contributed by atoms with Crippen LogP contribution in [0, 0.1) is 0 Å². The molecule has 0 atom stereocenters. The van der Waals surface area contributed by atoms with Gasteiger partial charge in [-0.25, -0.2) is 4.98 Å². The largest absolute Gasteiger partial charge is 0.412 e. The number of ether oxygens (including phenoxy) is 1. The number of amides is 1. The number of carbonyl (C=O) groups excluding carboxylic acids is 1. The molecular formula is C24H44N2O3S2Si. The van der Waals surface area contributed by atoms with Crippen molar-refractivity contribution in [1.82, 2.24) is 10.3 Å². The van der Waals surface area contributed by atoms with Crippen molar-refractivity contribution in [2.75, 3.05) is 18.9 Å². The monoisotopic (exact) mass is 500 g/mol. The van der Waals surface area contributed by atoms with Crippen LogP contribution in [0.25, 0.3) is 0 Å². The van der Waals surface area contributed by atoms with Crippen LogP contribution in [0.15, 0.2) is 29.4 Å². The predicted molar refractivity (Wildman–Crippen MR) is 142 cm³/mol. The molecule has 0 fully saturated rings. The molecule has 0 spiro atoms. The van der Waals surface area contributed by atoms with E-state index >= 15 is 0 Å². The van der Waals surface area contributed by atoms with Crippen LogP contribution in [-0.2, 0) is 14.0 Å². The maximum absolute atomic E-state index is 12.1. The number of carbonyl (C=O) groups is 1. The van der Waals surface area contributed by atoms with Gasteiger partial charge in [-0.15, -0.1) is 0 Å². The molecule has 1 heterocycles. The Kier molecular flexibility index (Phi) is 11.8. The summed E-state index contributed by atoms with van der Waals surface area (Å²) in [5.74, 6) is 0.842. The predicted octanol–water partition coefficient (Wildman–Crippen LogP) is 6.70. The van der Waals surface area contributed by atoms with Crippen LogP contribution >= 0.6 is 21.6 Å². The molecule has 0 aliphatic rings. The first-order chi connectivity index (χ1) is 14.6. The quantitative estimate of drug-likeness (QED) is 0.174. The second kappa shape index (κ2) is 12.8. The van der Waals surface area contributed by atoms with Crippen molar-refractivity contribution in [2.45, 2.75) is 102 Å². The highest BCUT2D eigenvalue weighted by atomic mass is 33.1. The van der Waals surface area contributed by atoms with E-state index in [0.717, 1.165) is 23.6 Å². The van der Waals surface area contributed by atoms with Gasteiger partial charge in [0, 0.05) is 31.5 Å². The van der Waals surface area contributed by atoms with Crippen LogP contribution in [0.4, 0.5) is 0 Å². The molecule has 8 heteroatoms. The lowest BCUT2D eigenvalue weighted by Crippen LogP contribution is -2.48. The van der Waals surface area contributed by atoms with E-state index in [0.29, 0.717) is 19.6 Å². The fourth-order valence-corrected chi connectivity index (χ4v) is 6.42. The number of pyridine rings is 1. The molecule has 0 aliphatic carbocycles. The summed E-state index contributed by atoms with van der Waals surface area (Å²) >= 11 is 0. The number of hydrogen-bond donors (Lipinski definition) is 1. The normalized spacial score (nSPS) is 13.3. The molecule has 5 nitrogen and oxygen atoms in total. The zero-order valence-corrected chi connectivity index (χ0v) is 24.2. The van der Waals surface area contributed by atoms with Crippen LogP contribution in [0.1, 0.15) is 67.7 Å². The molecule has 184 valence electrons. The zero-order chi connectivity index (χ0) is 24.5. The molecule has 1 amide bonds. The first-order valence-corrected chi connectivity index (χ1v) is 16.7. The lowest BCUT2D eigenvalue weighted by Gasteiger charge is -2.43. The lowest BCUT2D eigenvalue weighted by atomic mass is 10.0. The van der Waals surface area contributed by atoms with E-state index in [-0.39, 0.29) is 22.1 Å². The van der Waals surface area contributed by atoms with Crippen LogP contribution in [0.5, 0.6) is 0 Å². The molecule has 0 saturated heterocycles. The molecule has 32 heavy (non-hydrogen) atoms. The number of aromatic nitrogens is 1. The molecule has 0 saturated carbocycles. The van der Waals surface area contributed by atoms with E-state index < -0.39 is 8.32 Å². The average molecular weight is 501 g/mol. The standard InChI is InChI=1S/C24H44N2O3S2Si/c1-22(2,3)32(8,9)29-24(6,7)15-18-28-23(4,5)14-17-25-20(27)13-19-30-31-21-12-10-11-16-26-21/h10-12,16H,13-15,17-19H2,1-9H3,(H,25,27). The Morgan fingerprint density at radius 1 is 1.06 bits per heavy atom. The summed E-state index contributed by atoms with van der Waals surface area (Å²) in [6.07, 6.45) is 3.91. The Balaban J connectivity index is 2.24. The summed E-state index contributed by atoms with van der Waals surface area (Å²) in [6.45, 7) is 21.1. The first kappa shape index (κ1) is 29.5. The van der Waals surface area contributed by atoms with Gasteiger partial charge in [0.05, 0.1) is 11.2 Å². The Morgan fingerprint density at radius 3 is 2.34 bits per heavy atom. The van der Waals surface area contributed by atoms with Crippen LogP contribution in [0.2, 0.25) is 18.1 Å². The molecule has 0 bridgehead atoms. The fraction of sp³-hybridized carbons (Fsp3) is 0.750. The maximum atomic E-state index is 12.1. The third-order valence-corrected chi connectivity index (χ3v) is 12.7. The second-order valence-electron chi connectivity index (χ2n) is 10.9. The minimum Gasteiger partial charge on any atom is -0.412 e. The molecular weight excluding hydrogens is 456 g/mol. The molecule has 0 aliphatic heterocycles. The third-order valence-electron chi connectivity index (χ3n) is 5.78. The minimum absolute atomic E-state index is 0.0822. The van der Waals surface area contributed by atoms with Gasteiger partial charge in [-0.1, -0.05) is 37.6 Å². The Bertz CT molecular complexity index is 692. The van der Waals surface area contributed by atoms with Gasteiger partial charge in [-0.3, -0.25) is 4.79 Å². The molecule has 1 rings (SSSR count). The molecule has 1 aromatic rings. The third kappa shape index (κ3) is 12.1. The van der Waals surface area contributed by atoms with Crippen molar-refractivity contribution in [1.29, 1.82) is 0 Å². The second-order valence-corrected chi connectivity index (χ2v) is 18.1. The number of rotatable bonds is 14. The fourth-order valence-electron chi connectivity index (χ4n) is 2.76. The van der Waals surface area contributed by atoms with Crippen molar-refractivity contribution in [3.8, 4) is 0 Å². The van der Waals surface area contributed by atoms with E-state index in [4.69, 9.17) is 9.16 Å². The van der Waals surface area contributed by atoms with E-state index in [1.807, 2.05) is 18.2 Å². The Morgan fingerprint density at radius 2 is 1.75 bits per heavy atom. The summed E-state index contributed by atoms with van der Waals surface area (Å²) in [5, 5.41) is 4.18. The summed E-state index contributed by atoms with van der Waals surface area (Å²) in [6, 6.07) is 5.84. The van der Waals surface area contributed by atoms with E-state index in [2.05, 4.69) is 71.9 Å². The van der Waals surface area contributed by atoms with Gasteiger partial charge in [0.25, 0.3) is 0 Å². The summed E-state index contributed by atoms with van der Waals surface area (Å²) in [4.78, 5) is 16.4. The summed E-state index contributed by atoms with van der Waals surface area (Å²) in [5.41, 5.74) is -0.498. The van der Waals surface area contributed by atoms with Crippen LogP contribution in [0.3, 0.4) is 0 Å². The first-order valence-electron chi connectivity index (χ1n) is 11.4. The number of nitrogens with one attached hydrogen (secondary N) is 1. The van der Waals surface area contributed by atoms with Gasteiger partial charge in [0.2, 0.25) is 5.91 Å². The van der Waals surface area contributed by atoms with Crippen molar-refractivity contribution in [3.63, 3.8) is 0 Å².